The van der Waals surface area contributed by atoms with Gasteiger partial charge in [-0.05, 0) is 24.0 Å². The Bertz CT molecular complexity index is 695. The number of nitrogens with one attached hydrogen (secondary N) is 2. The lowest BCUT2D eigenvalue weighted by Crippen LogP contribution is -2.51. The summed E-state index contributed by atoms with van der Waals surface area (Å²) in [6, 6.07) is 8.58. The fourth-order valence-electron chi connectivity index (χ4n) is 2.49. The van der Waals surface area contributed by atoms with Crippen molar-refractivity contribution in [3.05, 3.63) is 42.1 Å². The molecule has 4 N–H and O–H groups in total. The van der Waals surface area contributed by atoms with E-state index < -0.39 is 12.1 Å². The number of urea groups is 1. The Balaban J connectivity index is 1.98. The van der Waals surface area contributed by atoms with Crippen LogP contribution in [0.5, 0.6) is 0 Å². The van der Waals surface area contributed by atoms with Gasteiger partial charge in [0.2, 0.25) is 5.91 Å². The zero-order valence-electron chi connectivity index (χ0n) is 13.4. The third-order valence-electron chi connectivity index (χ3n) is 3.66. The van der Waals surface area contributed by atoms with Crippen LogP contribution in [0.25, 0.3) is 10.9 Å². The van der Waals surface area contributed by atoms with Crippen LogP contribution >= 0.6 is 0 Å². The Labute approximate surface area is 135 Å². The van der Waals surface area contributed by atoms with Gasteiger partial charge in [-0.15, -0.1) is 0 Å². The van der Waals surface area contributed by atoms with Gasteiger partial charge in [0.15, 0.2) is 0 Å². The summed E-state index contributed by atoms with van der Waals surface area (Å²) in [5.41, 5.74) is 7.13. The molecular formula is C17H22N4O2. The number of para-hydroxylation sites is 1. The van der Waals surface area contributed by atoms with Crippen molar-refractivity contribution in [1.82, 2.24) is 15.6 Å². The number of hydrogen-bond donors (Lipinski definition) is 3. The molecule has 0 saturated heterocycles. The van der Waals surface area contributed by atoms with E-state index in [2.05, 4.69) is 15.6 Å². The van der Waals surface area contributed by atoms with Crippen LogP contribution in [0, 0.1) is 5.92 Å². The van der Waals surface area contributed by atoms with Crippen LogP contribution in [0.1, 0.15) is 19.4 Å². The molecule has 0 fully saturated rings. The van der Waals surface area contributed by atoms with Crippen LogP contribution in [0.15, 0.2) is 36.5 Å². The third kappa shape index (κ3) is 4.42. The first kappa shape index (κ1) is 16.7. The molecule has 6 nitrogen and oxygen atoms in total. The normalized spacial score (nSPS) is 12.1. The summed E-state index contributed by atoms with van der Waals surface area (Å²) in [5.74, 6) is -0.270. The fourth-order valence-corrected chi connectivity index (χ4v) is 2.49. The van der Waals surface area contributed by atoms with E-state index in [0.29, 0.717) is 13.0 Å². The highest BCUT2D eigenvalue weighted by Crippen LogP contribution is 2.16. The second kappa shape index (κ2) is 7.58. The first-order valence-electron chi connectivity index (χ1n) is 7.65. The molecule has 0 aliphatic carbocycles. The molecule has 23 heavy (non-hydrogen) atoms. The van der Waals surface area contributed by atoms with E-state index in [-0.39, 0.29) is 11.8 Å². The number of pyridine rings is 1. The molecule has 0 saturated carbocycles. The predicted molar refractivity (Wildman–Crippen MR) is 89.8 cm³/mol. The van der Waals surface area contributed by atoms with Crippen LogP contribution in [0.4, 0.5) is 4.79 Å². The number of nitrogens with two attached hydrogens (primary N) is 1. The SMILES string of the molecule is CC(C)[C@H](NC(N)=O)C(=O)NCCc1cccc2cccnc12. The van der Waals surface area contributed by atoms with E-state index >= 15 is 0 Å². The number of carbonyl (C=O) groups excluding carboxylic acids is 2. The maximum absolute atomic E-state index is 12.2. The Morgan fingerprint density at radius 1 is 1.22 bits per heavy atom. The highest BCUT2D eigenvalue weighted by molar-refractivity contribution is 5.87. The van der Waals surface area contributed by atoms with Crippen molar-refractivity contribution in [2.75, 3.05) is 6.54 Å². The van der Waals surface area contributed by atoms with E-state index in [1.54, 1.807) is 6.20 Å². The molecule has 0 aliphatic rings. The smallest absolute Gasteiger partial charge is 0.312 e. The van der Waals surface area contributed by atoms with Gasteiger partial charge in [0.05, 0.1) is 5.52 Å². The maximum Gasteiger partial charge on any atom is 0.312 e. The Hall–Kier alpha value is -2.63. The molecular weight excluding hydrogens is 292 g/mol. The van der Waals surface area contributed by atoms with Gasteiger partial charge in [0.1, 0.15) is 6.04 Å². The lowest BCUT2D eigenvalue weighted by atomic mass is 10.0. The Morgan fingerprint density at radius 2 is 1.96 bits per heavy atom. The quantitative estimate of drug-likeness (QED) is 0.755. The van der Waals surface area contributed by atoms with Crippen molar-refractivity contribution in [3.8, 4) is 0 Å². The van der Waals surface area contributed by atoms with Gasteiger partial charge in [-0.25, -0.2) is 4.79 Å². The average molecular weight is 314 g/mol. The standard InChI is InChI=1S/C17H22N4O2/c1-11(2)14(21-17(18)23)16(22)20-10-8-13-6-3-5-12-7-4-9-19-15(12)13/h3-7,9,11,14H,8,10H2,1-2H3,(H,20,22)(H3,18,21,23)/t14-/m0/s1. The molecule has 122 valence electrons. The first-order valence-corrected chi connectivity index (χ1v) is 7.65. The summed E-state index contributed by atoms with van der Waals surface area (Å²) in [5, 5.41) is 6.39. The highest BCUT2D eigenvalue weighted by atomic mass is 16.2. The minimum Gasteiger partial charge on any atom is -0.354 e. The number of nitrogens with zero attached hydrogens (tertiary/aromatic N) is 1. The van der Waals surface area contributed by atoms with Crippen molar-refractivity contribution in [2.24, 2.45) is 11.7 Å². The van der Waals surface area contributed by atoms with E-state index in [1.165, 1.54) is 0 Å². The van der Waals surface area contributed by atoms with Gasteiger partial charge in [-0.2, -0.15) is 0 Å². The predicted octanol–water partition coefficient (Wildman–Crippen LogP) is 1.59. The number of fused-ring (bicyclic) bond motifs is 1. The van der Waals surface area contributed by atoms with Gasteiger partial charge < -0.3 is 16.4 Å². The second-order valence-corrected chi connectivity index (χ2v) is 5.76. The van der Waals surface area contributed by atoms with Crippen molar-refractivity contribution < 1.29 is 9.59 Å². The fraction of sp³-hybridized carbons (Fsp3) is 0.353. The van der Waals surface area contributed by atoms with E-state index in [4.69, 9.17) is 5.73 Å². The molecule has 0 bridgehead atoms. The minimum absolute atomic E-state index is 0.0401. The van der Waals surface area contributed by atoms with Crippen LogP contribution < -0.4 is 16.4 Å². The van der Waals surface area contributed by atoms with Crippen LogP contribution in [-0.2, 0) is 11.2 Å². The Morgan fingerprint density at radius 3 is 2.65 bits per heavy atom. The number of aromatic nitrogens is 1. The first-order chi connectivity index (χ1) is 11.0. The summed E-state index contributed by atoms with van der Waals surface area (Å²) in [6.45, 7) is 4.18. The maximum atomic E-state index is 12.2. The Kier molecular flexibility index (Phi) is 5.51. The molecule has 6 heteroatoms. The molecule has 1 aromatic carbocycles. The number of primary amides is 1. The van der Waals surface area contributed by atoms with Gasteiger partial charge in [0, 0.05) is 18.1 Å². The molecule has 2 rings (SSSR count). The van der Waals surface area contributed by atoms with E-state index in [0.717, 1.165) is 16.5 Å². The average Bonchev–Trinajstić information content (AvgIpc) is 2.52. The molecule has 0 aliphatic heterocycles. The van der Waals surface area contributed by atoms with Crippen LogP contribution in [-0.4, -0.2) is 29.5 Å². The van der Waals surface area contributed by atoms with Crippen molar-refractivity contribution in [3.63, 3.8) is 0 Å². The lowest BCUT2D eigenvalue weighted by molar-refractivity contribution is -0.123. The van der Waals surface area contributed by atoms with Gasteiger partial charge in [0.25, 0.3) is 0 Å². The molecule has 3 amide bonds. The van der Waals surface area contributed by atoms with E-state index in [1.807, 2.05) is 44.2 Å². The number of carbonyl (C=O) groups is 2. The number of amides is 3. The van der Waals surface area contributed by atoms with Gasteiger partial charge in [-0.3, -0.25) is 9.78 Å². The highest BCUT2D eigenvalue weighted by Gasteiger charge is 2.22. The van der Waals surface area contributed by atoms with Gasteiger partial charge in [-0.1, -0.05) is 38.1 Å². The van der Waals surface area contributed by atoms with Gasteiger partial charge >= 0.3 is 6.03 Å². The number of hydrogen-bond acceptors (Lipinski definition) is 3. The molecule has 1 aromatic heterocycles. The van der Waals surface area contributed by atoms with Crippen molar-refractivity contribution >= 4 is 22.8 Å². The zero-order valence-corrected chi connectivity index (χ0v) is 13.4. The van der Waals surface area contributed by atoms with Crippen molar-refractivity contribution in [2.45, 2.75) is 26.3 Å². The number of rotatable bonds is 6. The van der Waals surface area contributed by atoms with Crippen LogP contribution in [0.2, 0.25) is 0 Å². The topological polar surface area (TPSA) is 97.1 Å². The molecule has 2 aromatic rings. The summed E-state index contributed by atoms with van der Waals surface area (Å²) >= 11 is 0. The molecule has 0 unspecified atom stereocenters. The summed E-state index contributed by atoms with van der Waals surface area (Å²) < 4.78 is 0. The lowest BCUT2D eigenvalue weighted by Gasteiger charge is -2.20. The number of benzene rings is 1. The minimum atomic E-state index is -0.697. The summed E-state index contributed by atoms with van der Waals surface area (Å²) in [7, 11) is 0. The molecule has 0 radical (unpaired) electrons. The summed E-state index contributed by atoms with van der Waals surface area (Å²) in [4.78, 5) is 27.6. The largest absolute Gasteiger partial charge is 0.354 e. The van der Waals surface area contributed by atoms with Crippen molar-refractivity contribution in [1.29, 1.82) is 0 Å². The monoisotopic (exact) mass is 314 g/mol. The second-order valence-electron chi connectivity index (χ2n) is 5.76. The molecule has 1 heterocycles. The van der Waals surface area contributed by atoms with E-state index in [9.17, 15) is 9.59 Å². The van der Waals surface area contributed by atoms with Crippen LogP contribution in [0.3, 0.4) is 0 Å². The summed E-state index contributed by atoms with van der Waals surface area (Å²) in [6.07, 6.45) is 2.43. The third-order valence-corrected chi connectivity index (χ3v) is 3.66. The molecule has 0 spiro atoms. The molecule has 1 atom stereocenters. The zero-order chi connectivity index (χ0) is 16.8.